The fourth-order valence-electron chi connectivity index (χ4n) is 2.96. The Morgan fingerprint density at radius 2 is 1.82 bits per heavy atom. The molecule has 0 aliphatic rings. The summed E-state index contributed by atoms with van der Waals surface area (Å²) in [4.78, 5) is 29.5. The Balaban J connectivity index is 0.00000544. The quantitative estimate of drug-likeness (QED) is 0.178. The number of nitrogens with zero attached hydrogens (tertiary/aromatic N) is 2. The molecule has 0 aromatic heterocycles. The van der Waals surface area contributed by atoms with Crippen molar-refractivity contribution in [3.63, 3.8) is 0 Å². The highest BCUT2D eigenvalue weighted by Gasteiger charge is 2.08. The molecule has 2 rings (SSSR count). The van der Waals surface area contributed by atoms with Gasteiger partial charge in [-0.2, -0.15) is 0 Å². The standard InChI is InChI=1S/C24H33N5O3.HI/c1-5-25-24(26-13-12-19-8-6-9-20(16-19)23(31)29(3)4)27-14-15-32-22-11-7-10-21(17-22)28-18(2)30;/h6-11,16-17H,5,12-15H2,1-4H3,(H,28,30)(H2,25,26,27);1H. The maximum absolute atomic E-state index is 12.1. The van der Waals surface area contributed by atoms with Crippen LogP contribution in [0.3, 0.4) is 0 Å². The predicted molar refractivity (Wildman–Crippen MR) is 144 cm³/mol. The molecule has 0 atom stereocenters. The van der Waals surface area contributed by atoms with Crippen LogP contribution in [0.1, 0.15) is 29.8 Å². The molecule has 0 saturated heterocycles. The highest BCUT2D eigenvalue weighted by Crippen LogP contribution is 2.17. The van der Waals surface area contributed by atoms with Crippen molar-refractivity contribution in [1.29, 1.82) is 0 Å². The van der Waals surface area contributed by atoms with Gasteiger partial charge in [0.15, 0.2) is 5.96 Å². The molecule has 9 heteroatoms. The minimum atomic E-state index is -0.119. The Hall–Kier alpha value is -2.82. The van der Waals surface area contributed by atoms with E-state index >= 15 is 0 Å². The summed E-state index contributed by atoms with van der Waals surface area (Å²) in [5.74, 6) is 1.27. The predicted octanol–water partition coefficient (Wildman–Crippen LogP) is 3.14. The normalized spacial score (nSPS) is 10.6. The van der Waals surface area contributed by atoms with Gasteiger partial charge in [-0.15, -0.1) is 24.0 Å². The van der Waals surface area contributed by atoms with Crippen LogP contribution in [0.25, 0.3) is 0 Å². The molecule has 0 heterocycles. The van der Waals surface area contributed by atoms with Crippen molar-refractivity contribution in [3.8, 4) is 5.75 Å². The fourth-order valence-corrected chi connectivity index (χ4v) is 2.96. The second-order valence-corrected chi connectivity index (χ2v) is 7.39. The SMILES string of the molecule is CCNC(=NCCc1cccc(C(=O)N(C)C)c1)NCCOc1cccc(NC(C)=O)c1.I. The number of halogens is 1. The Kier molecular flexibility index (Phi) is 12.9. The topological polar surface area (TPSA) is 95.1 Å². The first-order valence-corrected chi connectivity index (χ1v) is 10.7. The number of nitrogens with one attached hydrogen (secondary N) is 3. The van der Waals surface area contributed by atoms with E-state index in [-0.39, 0.29) is 35.8 Å². The van der Waals surface area contributed by atoms with E-state index in [0.717, 1.165) is 18.5 Å². The number of guanidine groups is 1. The van der Waals surface area contributed by atoms with E-state index < -0.39 is 0 Å². The Bertz CT molecular complexity index is 934. The average molecular weight is 567 g/mol. The van der Waals surface area contributed by atoms with E-state index in [0.29, 0.717) is 42.7 Å². The van der Waals surface area contributed by atoms with E-state index in [1.165, 1.54) is 6.92 Å². The molecule has 0 saturated carbocycles. The zero-order valence-electron chi connectivity index (χ0n) is 19.7. The van der Waals surface area contributed by atoms with Gasteiger partial charge in [0.2, 0.25) is 5.91 Å². The third kappa shape index (κ3) is 10.6. The van der Waals surface area contributed by atoms with Crippen LogP contribution in [0, 0.1) is 0 Å². The van der Waals surface area contributed by atoms with Gasteiger partial charge in [-0.25, -0.2) is 0 Å². The lowest BCUT2D eigenvalue weighted by atomic mass is 10.1. The first kappa shape index (κ1) is 28.2. The van der Waals surface area contributed by atoms with Crippen molar-refractivity contribution >= 4 is 47.4 Å². The number of anilines is 1. The van der Waals surface area contributed by atoms with Crippen LogP contribution in [-0.2, 0) is 11.2 Å². The van der Waals surface area contributed by atoms with Crippen LogP contribution in [-0.4, -0.2) is 63.0 Å². The first-order chi connectivity index (χ1) is 15.4. The van der Waals surface area contributed by atoms with Gasteiger partial charge in [0.25, 0.3) is 5.91 Å². The molecule has 33 heavy (non-hydrogen) atoms. The number of aliphatic imine (C=N–C) groups is 1. The highest BCUT2D eigenvalue weighted by atomic mass is 127. The average Bonchev–Trinajstić information content (AvgIpc) is 2.76. The number of benzene rings is 2. The van der Waals surface area contributed by atoms with Crippen molar-refractivity contribution < 1.29 is 14.3 Å². The fraction of sp³-hybridized carbons (Fsp3) is 0.375. The lowest BCUT2D eigenvalue weighted by molar-refractivity contribution is -0.114. The molecule has 8 nitrogen and oxygen atoms in total. The monoisotopic (exact) mass is 567 g/mol. The van der Waals surface area contributed by atoms with Crippen molar-refractivity contribution in [2.24, 2.45) is 4.99 Å². The van der Waals surface area contributed by atoms with Crippen molar-refractivity contribution in [1.82, 2.24) is 15.5 Å². The molecule has 180 valence electrons. The third-order valence-corrected chi connectivity index (χ3v) is 4.41. The van der Waals surface area contributed by atoms with E-state index in [1.807, 2.05) is 49.4 Å². The van der Waals surface area contributed by atoms with E-state index in [4.69, 9.17) is 4.74 Å². The van der Waals surface area contributed by atoms with Gasteiger partial charge in [0, 0.05) is 51.4 Å². The number of amides is 2. The molecule has 0 unspecified atom stereocenters. The Labute approximate surface area is 213 Å². The Morgan fingerprint density at radius 1 is 1.06 bits per heavy atom. The van der Waals surface area contributed by atoms with Crippen LogP contribution < -0.4 is 20.7 Å². The van der Waals surface area contributed by atoms with Crippen molar-refractivity contribution in [2.75, 3.05) is 45.7 Å². The van der Waals surface area contributed by atoms with Crippen LogP contribution in [0.15, 0.2) is 53.5 Å². The number of hydrogen-bond acceptors (Lipinski definition) is 4. The smallest absolute Gasteiger partial charge is 0.253 e. The second kappa shape index (κ2) is 15.1. The number of hydrogen-bond donors (Lipinski definition) is 3. The molecule has 0 aliphatic carbocycles. The zero-order valence-corrected chi connectivity index (χ0v) is 22.0. The summed E-state index contributed by atoms with van der Waals surface area (Å²) < 4.78 is 5.75. The summed E-state index contributed by atoms with van der Waals surface area (Å²) in [6.45, 7) is 5.84. The second-order valence-electron chi connectivity index (χ2n) is 7.39. The molecule has 2 aromatic rings. The molecular formula is C24H34IN5O3. The van der Waals surface area contributed by atoms with Gasteiger partial charge < -0.3 is 25.6 Å². The summed E-state index contributed by atoms with van der Waals surface area (Å²) in [5.41, 5.74) is 2.45. The molecule has 0 radical (unpaired) electrons. The van der Waals surface area contributed by atoms with Crippen molar-refractivity contribution in [3.05, 3.63) is 59.7 Å². The summed E-state index contributed by atoms with van der Waals surface area (Å²) in [6.07, 6.45) is 0.734. The lowest BCUT2D eigenvalue weighted by Gasteiger charge is -2.13. The third-order valence-electron chi connectivity index (χ3n) is 4.41. The lowest BCUT2D eigenvalue weighted by Crippen LogP contribution is -2.39. The van der Waals surface area contributed by atoms with Gasteiger partial charge in [0.05, 0.1) is 6.54 Å². The van der Waals surface area contributed by atoms with Gasteiger partial charge in [-0.05, 0) is 43.2 Å². The van der Waals surface area contributed by atoms with E-state index in [9.17, 15) is 9.59 Å². The molecule has 3 N–H and O–H groups in total. The van der Waals surface area contributed by atoms with Crippen molar-refractivity contribution in [2.45, 2.75) is 20.3 Å². The molecular weight excluding hydrogens is 533 g/mol. The van der Waals surface area contributed by atoms with E-state index in [2.05, 4.69) is 20.9 Å². The maximum Gasteiger partial charge on any atom is 0.253 e. The van der Waals surface area contributed by atoms with Crippen LogP contribution >= 0.6 is 24.0 Å². The zero-order chi connectivity index (χ0) is 23.3. The van der Waals surface area contributed by atoms with Crippen LogP contribution in [0.5, 0.6) is 5.75 Å². The molecule has 0 bridgehead atoms. The summed E-state index contributed by atoms with van der Waals surface area (Å²) in [6, 6.07) is 14.9. The van der Waals surface area contributed by atoms with Crippen LogP contribution in [0.2, 0.25) is 0 Å². The Morgan fingerprint density at radius 3 is 2.52 bits per heavy atom. The molecule has 2 amide bonds. The first-order valence-electron chi connectivity index (χ1n) is 10.7. The molecule has 2 aromatic carbocycles. The summed E-state index contributed by atoms with van der Waals surface area (Å²) >= 11 is 0. The highest BCUT2D eigenvalue weighted by molar-refractivity contribution is 14.0. The van der Waals surface area contributed by atoms with Gasteiger partial charge >= 0.3 is 0 Å². The molecule has 0 fully saturated rings. The van der Waals surface area contributed by atoms with Crippen LogP contribution in [0.4, 0.5) is 5.69 Å². The molecule has 0 aliphatic heterocycles. The minimum absolute atomic E-state index is 0. The number of ether oxygens (including phenoxy) is 1. The largest absolute Gasteiger partial charge is 0.492 e. The number of rotatable bonds is 10. The van der Waals surface area contributed by atoms with Gasteiger partial charge in [0.1, 0.15) is 12.4 Å². The van der Waals surface area contributed by atoms with Gasteiger partial charge in [-0.1, -0.05) is 18.2 Å². The summed E-state index contributed by atoms with van der Waals surface area (Å²) in [7, 11) is 3.49. The number of carbonyl (C=O) groups excluding carboxylic acids is 2. The molecule has 0 spiro atoms. The van der Waals surface area contributed by atoms with Gasteiger partial charge in [-0.3, -0.25) is 14.6 Å². The number of carbonyl (C=O) groups is 2. The van der Waals surface area contributed by atoms with E-state index in [1.54, 1.807) is 25.1 Å². The summed E-state index contributed by atoms with van der Waals surface area (Å²) in [5, 5.41) is 9.21. The minimum Gasteiger partial charge on any atom is -0.492 e. The maximum atomic E-state index is 12.1.